The Morgan fingerprint density at radius 3 is 1.33 bits per heavy atom. The lowest BCUT2D eigenvalue weighted by Gasteiger charge is -2.32. The molecular formula is C38H68F4O4. The van der Waals surface area contributed by atoms with Crippen LogP contribution < -0.4 is 0 Å². The van der Waals surface area contributed by atoms with E-state index in [4.69, 9.17) is 14.2 Å². The SMILES string of the molecule is CC.CC1CCC(C)C(F)(F)O1.CC1CCC(C)CC1.CC1CCC(C)OC1.CC1COC(C)OC1.Cc1cc(F)c(C)c(F)c1. The zero-order valence-corrected chi connectivity index (χ0v) is 31.2. The summed E-state index contributed by atoms with van der Waals surface area (Å²) in [5.41, 5.74) is 0.700. The predicted molar refractivity (Wildman–Crippen MR) is 182 cm³/mol. The molecule has 1 aromatic carbocycles. The molecule has 0 aromatic heterocycles. The Morgan fingerprint density at radius 1 is 0.565 bits per heavy atom. The molecule has 0 bridgehead atoms. The minimum atomic E-state index is -2.89. The molecule has 0 spiro atoms. The summed E-state index contributed by atoms with van der Waals surface area (Å²) in [5, 5.41) is 0. The van der Waals surface area contributed by atoms with Crippen LogP contribution in [0, 0.1) is 55.1 Å². The van der Waals surface area contributed by atoms with Crippen LogP contribution in [0.5, 0.6) is 0 Å². The van der Waals surface area contributed by atoms with Crippen LogP contribution in [0.2, 0.25) is 0 Å². The van der Waals surface area contributed by atoms with Crippen molar-refractivity contribution in [1.82, 2.24) is 0 Å². The first-order valence-corrected chi connectivity index (χ1v) is 17.8. The lowest BCUT2D eigenvalue weighted by molar-refractivity contribution is -0.307. The lowest BCUT2D eigenvalue weighted by atomic mass is 9.84. The molecule has 4 aliphatic rings. The fraction of sp³-hybridized carbons (Fsp3) is 0.842. The first kappa shape index (κ1) is 44.8. The highest BCUT2D eigenvalue weighted by Crippen LogP contribution is 2.36. The van der Waals surface area contributed by atoms with Gasteiger partial charge in [0.15, 0.2) is 6.29 Å². The molecule has 4 unspecified atom stereocenters. The van der Waals surface area contributed by atoms with Gasteiger partial charge in [-0.1, -0.05) is 74.1 Å². The van der Waals surface area contributed by atoms with E-state index in [1.54, 1.807) is 13.8 Å². The van der Waals surface area contributed by atoms with Crippen molar-refractivity contribution in [2.45, 2.75) is 159 Å². The molecule has 3 aliphatic heterocycles. The van der Waals surface area contributed by atoms with Crippen LogP contribution in [-0.4, -0.2) is 44.4 Å². The number of ether oxygens (including phenoxy) is 4. The molecule has 4 nitrogen and oxygen atoms in total. The highest BCUT2D eigenvalue weighted by atomic mass is 19.3. The van der Waals surface area contributed by atoms with Gasteiger partial charge in [0.05, 0.1) is 25.4 Å². The van der Waals surface area contributed by atoms with E-state index in [1.165, 1.54) is 64.5 Å². The van der Waals surface area contributed by atoms with E-state index in [9.17, 15) is 17.6 Å². The van der Waals surface area contributed by atoms with Crippen LogP contribution in [0.3, 0.4) is 0 Å². The average molecular weight is 665 g/mol. The van der Waals surface area contributed by atoms with Crippen LogP contribution in [0.1, 0.15) is 132 Å². The molecule has 0 radical (unpaired) electrons. The van der Waals surface area contributed by atoms with Gasteiger partial charge < -0.3 is 18.9 Å². The van der Waals surface area contributed by atoms with Gasteiger partial charge in [0.1, 0.15) is 11.6 Å². The summed E-state index contributed by atoms with van der Waals surface area (Å²) in [6.45, 7) is 26.1. The van der Waals surface area contributed by atoms with Crippen molar-refractivity contribution in [2.24, 2.45) is 29.6 Å². The van der Waals surface area contributed by atoms with Gasteiger partial charge in [0.25, 0.3) is 0 Å². The largest absolute Gasteiger partial charge is 0.378 e. The van der Waals surface area contributed by atoms with Crippen molar-refractivity contribution in [3.05, 3.63) is 34.9 Å². The molecule has 3 heterocycles. The minimum absolute atomic E-state index is 0.0196. The van der Waals surface area contributed by atoms with E-state index >= 15 is 0 Å². The summed E-state index contributed by atoms with van der Waals surface area (Å²) >= 11 is 0. The van der Waals surface area contributed by atoms with E-state index in [0.717, 1.165) is 44.0 Å². The maximum atomic E-state index is 12.6. The van der Waals surface area contributed by atoms with E-state index in [0.29, 0.717) is 24.0 Å². The highest BCUT2D eigenvalue weighted by Gasteiger charge is 2.42. The highest BCUT2D eigenvalue weighted by molar-refractivity contribution is 5.23. The predicted octanol–water partition coefficient (Wildman–Crippen LogP) is 11.7. The Morgan fingerprint density at radius 2 is 0.978 bits per heavy atom. The Balaban J connectivity index is 0.000000544. The van der Waals surface area contributed by atoms with Crippen molar-refractivity contribution in [3.63, 3.8) is 0 Å². The molecule has 1 aliphatic carbocycles. The number of hydrogen-bond acceptors (Lipinski definition) is 4. The van der Waals surface area contributed by atoms with Crippen LogP contribution in [0.25, 0.3) is 0 Å². The van der Waals surface area contributed by atoms with Crippen LogP contribution >= 0.6 is 0 Å². The number of aryl methyl sites for hydroxylation is 1. The number of hydrogen-bond donors (Lipinski definition) is 0. The van der Waals surface area contributed by atoms with Gasteiger partial charge in [0.2, 0.25) is 0 Å². The first-order chi connectivity index (χ1) is 21.5. The van der Waals surface area contributed by atoms with Gasteiger partial charge in [-0.05, 0) is 95.8 Å². The molecule has 1 saturated carbocycles. The maximum absolute atomic E-state index is 12.6. The van der Waals surface area contributed by atoms with Gasteiger partial charge >= 0.3 is 6.11 Å². The summed E-state index contributed by atoms with van der Waals surface area (Å²) in [6.07, 6.45) is 7.17. The topological polar surface area (TPSA) is 36.9 Å². The minimum Gasteiger partial charge on any atom is -0.378 e. The van der Waals surface area contributed by atoms with Crippen LogP contribution in [0.15, 0.2) is 12.1 Å². The summed E-state index contributed by atoms with van der Waals surface area (Å²) in [6, 6.07) is 2.64. The summed E-state index contributed by atoms with van der Waals surface area (Å²) in [4.78, 5) is 0. The van der Waals surface area contributed by atoms with Crippen molar-refractivity contribution in [2.75, 3.05) is 19.8 Å². The third-order valence-electron chi connectivity index (χ3n) is 8.63. The third kappa shape index (κ3) is 20.2. The van der Waals surface area contributed by atoms with Crippen LogP contribution in [0.4, 0.5) is 17.6 Å². The third-order valence-corrected chi connectivity index (χ3v) is 8.63. The Kier molecular flexibility index (Phi) is 23.4. The zero-order valence-electron chi connectivity index (χ0n) is 31.2. The first-order valence-electron chi connectivity index (χ1n) is 17.8. The number of benzene rings is 1. The van der Waals surface area contributed by atoms with Gasteiger partial charge in [-0.2, -0.15) is 8.78 Å². The second-order valence-electron chi connectivity index (χ2n) is 13.9. The molecule has 0 N–H and O–H groups in total. The fourth-order valence-electron chi connectivity index (χ4n) is 5.01. The zero-order chi connectivity index (χ0) is 35.4. The van der Waals surface area contributed by atoms with E-state index < -0.39 is 23.7 Å². The Labute approximate surface area is 279 Å². The van der Waals surface area contributed by atoms with Gasteiger partial charge in [-0.25, -0.2) is 8.78 Å². The molecule has 4 fully saturated rings. The standard InChI is InChI=1S/C8H8F2.C8H16.C7H12F2O.C7H14O.C6H12O2.C2H6/c1-5-3-7(9)6(2)8(10)4-5;1-7-3-5-8(2)6-4-7;1-5-3-4-6(2)10-7(5,8)9;1-6-3-4-7(2)8-5-6;1-5-3-7-6(2)8-4-5;1-2/h3-4H,1-2H3;7-8H,3-6H2,1-2H3;5-6H,3-4H2,1-2H3;6-7H,3-5H2,1-2H3;5-6H,3-4H2,1-2H3;1-2H3. The number of alkyl halides is 2. The second-order valence-corrected chi connectivity index (χ2v) is 13.9. The molecule has 3 saturated heterocycles. The Hall–Kier alpha value is -1.22. The maximum Gasteiger partial charge on any atom is 0.358 e. The van der Waals surface area contributed by atoms with Crippen molar-refractivity contribution in [3.8, 4) is 0 Å². The molecule has 5 rings (SSSR count). The Bertz CT molecular complexity index is 790. The molecule has 8 heteroatoms. The summed E-state index contributed by atoms with van der Waals surface area (Å²) in [7, 11) is 0. The molecule has 272 valence electrons. The normalized spacial score (nSPS) is 31.7. The van der Waals surface area contributed by atoms with Gasteiger partial charge in [0, 0.05) is 24.0 Å². The smallest absolute Gasteiger partial charge is 0.358 e. The van der Waals surface area contributed by atoms with Crippen molar-refractivity contribution in [1.29, 1.82) is 0 Å². The van der Waals surface area contributed by atoms with Crippen molar-refractivity contribution < 1.29 is 36.5 Å². The van der Waals surface area contributed by atoms with E-state index in [-0.39, 0.29) is 18.0 Å². The van der Waals surface area contributed by atoms with Crippen molar-refractivity contribution >= 4 is 0 Å². The fourth-order valence-corrected chi connectivity index (χ4v) is 5.01. The monoisotopic (exact) mass is 665 g/mol. The summed E-state index contributed by atoms with van der Waals surface area (Å²) < 4.78 is 70.6. The lowest BCUT2D eigenvalue weighted by Crippen LogP contribution is -2.38. The van der Waals surface area contributed by atoms with Gasteiger partial charge in [-0.15, -0.1) is 0 Å². The molecule has 4 atom stereocenters. The summed E-state index contributed by atoms with van der Waals surface area (Å²) in [5.74, 6) is 1.84. The number of rotatable bonds is 0. The van der Waals surface area contributed by atoms with E-state index in [2.05, 4.69) is 39.4 Å². The molecule has 1 aromatic rings. The molecule has 46 heavy (non-hydrogen) atoms. The average Bonchev–Trinajstić information content (AvgIpc) is 3.00. The quantitative estimate of drug-likeness (QED) is 0.259. The second kappa shape index (κ2) is 24.0. The van der Waals surface area contributed by atoms with E-state index in [1.807, 2.05) is 20.8 Å². The number of halogens is 4. The molecule has 0 amide bonds. The van der Waals surface area contributed by atoms with Crippen LogP contribution in [-0.2, 0) is 18.9 Å². The molecular weight excluding hydrogens is 596 g/mol. The van der Waals surface area contributed by atoms with Gasteiger partial charge in [-0.3, -0.25) is 0 Å².